The van der Waals surface area contributed by atoms with Crippen molar-refractivity contribution < 1.29 is 9.49 Å². The van der Waals surface area contributed by atoms with E-state index in [2.05, 4.69) is 5.10 Å². The van der Waals surface area contributed by atoms with Gasteiger partial charge in [0.15, 0.2) is 0 Å². The lowest BCUT2D eigenvalue weighted by atomic mass is 10.7. The van der Waals surface area contributed by atoms with Crippen LogP contribution in [-0.4, -0.2) is 28.0 Å². The molecule has 0 saturated carbocycles. The highest BCUT2D eigenvalue weighted by Gasteiger charge is 2.15. The maximum Gasteiger partial charge on any atom is 0.389 e. The Hall–Kier alpha value is -1.16. The summed E-state index contributed by atoms with van der Waals surface area (Å²) in [5, 5.41) is 13.9. The van der Waals surface area contributed by atoms with E-state index in [4.69, 9.17) is 0 Å². The molecular formula is C6H10N3O3P. The van der Waals surface area contributed by atoms with Gasteiger partial charge in [0, 0.05) is 0 Å². The second-order valence-corrected chi connectivity index (χ2v) is 6.62. The fourth-order valence-electron chi connectivity index (χ4n) is 0.876. The molecule has 1 heterocycles. The number of rotatable bonds is 3. The highest BCUT2D eigenvalue weighted by atomic mass is 31.2. The highest BCUT2D eigenvalue weighted by molar-refractivity contribution is 7.61. The van der Waals surface area contributed by atoms with E-state index in [1.165, 1.54) is 16.9 Å². The van der Waals surface area contributed by atoms with E-state index in [0.717, 1.165) is 0 Å². The summed E-state index contributed by atoms with van der Waals surface area (Å²) >= 11 is 0. The van der Waals surface area contributed by atoms with Gasteiger partial charge < -0.3 is 14.7 Å². The van der Waals surface area contributed by atoms with Crippen LogP contribution < -0.4 is 0 Å². The number of nitrogens with zero attached hydrogens (tertiary/aromatic N) is 3. The van der Waals surface area contributed by atoms with Gasteiger partial charge in [0.05, 0.1) is 17.4 Å². The molecule has 72 valence electrons. The number of nitro groups is 1. The maximum atomic E-state index is 11.3. The van der Waals surface area contributed by atoms with Crippen molar-refractivity contribution in [1.82, 2.24) is 9.78 Å². The predicted molar refractivity (Wildman–Crippen MR) is 48.3 cm³/mol. The molecule has 1 aromatic heterocycles. The largest absolute Gasteiger partial charge is 0.389 e. The molecule has 1 aromatic rings. The minimum absolute atomic E-state index is 0.214. The normalized spacial score (nSPS) is 11.5. The molecule has 0 unspecified atom stereocenters. The van der Waals surface area contributed by atoms with Gasteiger partial charge in [-0.15, -0.1) is 0 Å². The van der Waals surface area contributed by atoms with E-state index < -0.39 is 12.1 Å². The quantitative estimate of drug-likeness (QED) is 0.422. The molecule has 0 radical (unpaired) electrons. The first kappa shape index (κ1) is 9.92. The molecule has 0 spiro atoms. The van der Waals surface area contributed by atoms with Gasteiger partial charge >= 0.3 is 5.82 Å². The van der Waals surface area contributed by atoms with Crippen LogP contribution in [-0.2, 0) is 10.9 Å². The maximum absolute atomic E-state index is 11.3. The van der Waals surface area contributed by atoms with E-state index in [0.29, 0.717) is 0 Å². The Kier molecular flexibility index (Phi) is 2.52. The fraction of sp³-hybridized carbons (Fsp3) is 0.500. The zero-order chi connectivity index (χ0) is 10.1. The Morgan fingerprint density at radius 1 is 1.69 bits per heavy atom. The van der Waals surface area contributed by atoms with Gasteiger partial charge in [0.1, 0.15) is 13.4 Å². The molecule has 1 rings (SSSR count). The first-order chi connectivity index (χ1) is 5.88. The Morgan fingerprint density at radius 3 is 2.69 bits per heavy atom. The van der Waals surface area contributed by atoms with E-state index in [-0.39, 0.29) is 12.1 Å². The lowest BCUT2D eigenvalue weighted by Crippen LogP contribution is -1.99. The standard InChI is InChI=1S/C6H10N3O3P/c1-13(2,12)5-8-4-3-6(7-8)9(10)11/h3-4H,5H2,1-2H3. The van der Waals surface area contributed by atoms with Crippen molar-refractivity contribution in [2.75, 3.05) is 13.3 Å². The molecule has 0 aliphatic carbocycles. The Bertz CT molecular complexity index is 367. The third-order valence-electron chi connectivity index (χ3n) is 1.30. The Morgan fingerprint density at radius 2 is 2.31 bits per heavy atom. The summed E-state index contributed by atoms with van der Waals surface area (Å²) in [4.78, 5) is 9.66. The van der Waals surface area contributed by atoms with Crippen molar-refractivity contribution in [3.05, 3.63) is 22.4 Å². The molecule has 0 N–H and O–H groups in total. The SMILES string of the molecule is CP(C)(=O)Cn1ccc([N+](=O)[O-])n1. The second-order valence-electron chi connectivity index (χ2n) is 3.19. The van der Waals surface area contributed by atoms with Crippen LogP contribution in [0.5, 0.6) is 0 Å². The second kappa shape index (κ2) is 3.30. The first-order valence-corrected chi connectivity index (χ1v) is 6.39. The van der Waals surface area contributed by atoms with Crippen molar-refractivity contribution in [3.8, 4) is 0 Å². The van der Waals surface area contributed by atoms with Crippen LogP contribution in [0.25, 0.3) is 0 Å². The molecule has 0 fully saturated rings. The van der Waals surface area contributed by atoms with Crippen LogP contribution in [0, 0.1) is 10.1 Å². The summed E-state index contributed by atoms with van der Waals surface area (Å²) in [5.41, 5.74) is 0. The lowest BCUT2D eigenvalue weighted by Gasteiger charge is -2.01. The fourth-order valence-corrected chi connectivity index (χ4v) is 1.73. The van der Waals surface area contributed by atoms with Crippen molar-refractivity contribution in [2.24, 2.45) is 0 Å². The van der Waals surface area contributed by atoms with Gasteiger partial charge in [-0.2, -0.15) is 4.68 Å². The Balaban J connectivity index is 2.81. The van der Waals surface area contributed by atoms with Gasteiger partial charge in [-0.25, -0.2) is 0 Å². The van der Waals surface area contributed by atoms with Crippen molar-refractivity contribution >= 4 is 13.0 Å². The number of hydrogen-bond acceptors (Lipinski definition) is 4. The zero-order valence-corrected chi connectivity index (χ0v) is 8.27. The van der Waals surface area contributed by atoms with Gasteiger partial charge in [0.2, 0.25) is 0 Å². The topological polar surface area (TPSA) is 78.0 Å². The Labute approximate surface area is 75.1 Å². The van der Waals surface area contributed by atoms with Crippen molar-refractivity contribution in [2.45, 2.75) is 6.29 Å². The molecule has 0 bridgehead atoms. The van der Waals surface area contributed by atoms with Gasteiger partial charge in [-0.05, 0) is 18.3 Å². The molecule has 0 amide bonds. The van der Waals surface area contributed by atoms with Gasteiger partial charge in [-0.3, -0.25) is 0 Å². The van der Waals surface area contributed by atoms with Crippen LogP contribution in [0.1, 0.15) is 0 Å². The summed E-state index contributed by atoms with van der Waals surface area (Å²) in [6, 6.07) is 1.29. The number of aromatic nitrogens is 2. The molecule has 7 heteroatoms. The van der Waals surface area contributed by atoms with E-state index in [1.54, 1.807) is 13.3 Å². The average Bonchev–Trinajstić information content (AvgIpc) is 2.31. The molecule has 0 aromatic carbocycles. The van der Waals surface area contributed by atoms with Gasteiger partial charge in [-0.1, -0.05) is 0 Å². The van der Waals surface area contributed by atoms with Crippen LogP contribution in [0.15, 0.2) is 12.3 Å². The van der Waals surface area contributed by atoms with Crippen molar-refractivity contribution in [3.63, 3.8) is 0 Å². The average molecular weight is 203 g/mol. The molecule has 0 saturated heterocycles. The molecule has 0 aliphatic rings. The summed E-state index contributed by atoms with van der Waals surface area (Å²) in [6.45, 7) is 3.22. The van der Waals surface area contributed by atoms with Crippen LogP contribution in [0.4, 0.5) is 5.82 Å². The predicted octanol–water partition coefficient (Wildman–Crippen LogP) is 1.37. The molecule has 13 heavy (non-hydrogen) atoms. The van der Waals surface area contributed by atoms with Crippen LogP contribution in [0.3, 0.4) is 0 Å². The zero-order valence-electron chi connectivity index (χ0n) is 7.38. The summed E-state index contributed by atoms with van der Waals surface area (Å²) in [7, 11) is -2.23. The summed E-state index contributed by atoms with van der Waals surface area (Å²) in [6.07, 6.45) is 1.69. The highest BCUT2D eigenvalue weighted by Crippen LogP contribution is 2.37. The van der Waals surface area contributed by atoms with Gasteiger partial charge in [0.25, 0.3) is 0 Å². The van der Waals surface area contributed by atoms with Crippen LogP contribution >= 0.6 is 7.14 Å². The number of hydrogen-bond donors (Lipinski definition) is 0. The smallest absolute Gasteiger partial charge is 0.358 e. The third-order valence-corrected chi connectivity index (χ3v) is 2.27. The minimum atomic E-state index is -2.23. The summed E-state index contributed by atoms with van der Waals surface area (Å²) < 4.78 is 12.7. The van der Waals surface area contributed by atoms with Crippen molar-refractivity contribution in [1.29, 1.82) is 0 Å². The monoisotopic (exact) mass is 203 g/mol. The van der Waals surface area contributed by atoms with Crippen LogP contribution in [0.2, 0.25) is 0 Å². The molecule has 0 atom stereocenters. The first-order valence-electron chi connectivity index (χ1n) is 3.60. The molecular weight excluding hydrogens is 193 g/mol. The summed E-state index contributed by atoms with van der Waals surface area (Å²) in [5.74, 6) is -0.214. The molecule has 6 nitrogen and oxygen atoms in total. The minimum Gasteiger partial charge on any atom is -0.358 e. The molecule has 0 aliphatic heterocycles. The lowest BCUT2D eigenvalue weighted by molar-refractivity contribution is -0.389. The third kappa shape index (κ3) is 2.99. The van der Waals surface area contributed by atoms with E-state index in [1.807, 2.05) is 0 Å². The van der Waals surface area contributed by atoms with E-state index in [9.17, 15) is 14.7 Å². The van der Waals surface area contributed by atoms with E-state index >= 15 is 0 Å².